The number of nitrogens with one attached hydrogen (secondary N) is 1. The first-order valence-electron chi connectivity index (χ1n) is 4.60. The average molecular weight is 170 g/mol. The lowest BCUT2D eigenvalue weighted by Crippen LogP contribution is -2.39. The number of nitrogens with zero attached hydrogens (tertiary/aromatic N) is 1. The van der Waals surface area contributed by atoms with Crippen LogP contribution in [0, 0.1) is 5.92 Å². The number of aliphatic imine (C=N–C) groups is 1. The molecule has 0 radical (unpaired) electrons. The fourth-order valence-electron chi connectivity index (χ4n) is 0.902. The molecule has 0 aliphatic heterocycles. The normalized spacial score (nSPS) is 13.8. The van der Waals surface area contributed by atoms with Gasteiger partial charge in [-0.05, 0) is 33.6 Å². The van der Waals surface area contributed by atoms with Crippen molar-refractivity contribution in [2.45, 2.75) is 47.1 Å². The van der Waals surface area contributed by atoms with Crippen molar-refractivity contribution in [2.75, 3.05) is 6.54 Å². The van der Waals surface area contributed by atoms with Crippen LogP contribution in [0.15, 0.2) is 4.99 Å². The molecule has 2 nitrogen and oxygen atoms in total. The highest BCUT2D eigenvalue weighted by molar-refractivity contribution is 5.80. The molecule has 0 unspecified atom stereocenters. The zero-order chi connectivity index (χ0) is 9.78. The van der Waals surface area contributed by atoms with E-state index in [0.29, 0.717) is 5.92 Å². The molecule has 0 amide bonds. The van der Waals surface area contributed by atoms with Gasteiger partial charge < -0.3 is 5.32 Å². The van der Waals surface area contributed by atoms with Crippen molar-refractivity contribution in [3.05, 3.63) is 0 Å². The standard InChI is InChI=1S/C10H22N2/c1-8(2)7-11-9(3)12-10(4,5)6/h8H,7H2,1-6H3,(H,11,12). The average Bonchev–Trinajstić information content (AvgIpc) is 1.79. The molecular weight excluding hydrogens is 148 g/mol. The minimum Gasteiger partial charge on any atom is -0.369 e. The van der Waals surface area contributed by atoms with Crippen LogP contribution in [0.5, 0.6) is 0 Å². The third-order valence-electron chi connectivity index (χ3n) is 1.25. The molecule has 0 fully saturated rings. The summed E-state index contributed by atoms with van der Waals surface area (Å²) < 4.78 is 0. The lowest BCUT2D eigenvalue weighted by molar-refractivity contribution is 0.508. The Balaban J connectivity index is 3.86. The molecule has 0 atom stereocenters. The van der Waals surface area contributed by atoms with E-state index in [1.54, 1.807) is 0 Å². The highest BCUT2D eigenvalue weighted by atomic mass is 15.0. The van der Waals surface area contributed by atoms with Gasteiger partial charge in [0, 0.05) is 12.1 Å². The monoisotopic (exact) mass is 170 g/mol. The summed E-state index contributed by atoms with van der Waals surface area (Å²) in [5.74, 6) is 1.68. The third-order valence-corrected chi connectivity index (χ3v) is 1.25. The molecule has 0 aromatic heterocycles. The van der Waals surface area contributed by atoms with E-state index < -0.39 is 0 Å². The van der Waals surface area contributed by atoms with E-state index in [1.165, 1.54) is 0 Å². The van der Waals surface area contributed by atoms with Gasteiger partial charge in [-0.2, -0.15) is 0 Å². The van der Waals surface area contributed by atoms with E-state index >= 15 is 0 Å². The first kappa shape index (κ1) is 11.5. The Morgan fingerprint density at radius 2 is 1.83 bits per heavy atom. The molecule has 0 bridgehead atoms. The molecule has 72 valence electrons. The molecule has 0 saturated carbocycles. The molecule has 0 heterocycles. The summed E-state index contributed by atoms with van der Waals surface area (Å²) in [5.41, 5.74) is 0.130. The Labute approximate surface area is 76.5 Å². The highest BCUT2D eigenvalue weighted by Crippen LogP contribution is 1.99. The Morgan fingerprint density at radius 3 is 2.17 bits per heavy atom. The molecule has 0 aromatic carbocycles. The predicted molar refractivity (Wildman–Crippen MR) is 55.7 cm³/mol. The van der Waals surface area contributed by atoms with Crippen molar-refractivity contribution in [1.29, 1.82) is 0 Å². The summed E-state index contributed by atoms with van der Waals surface area (Å²) in [6.45, 7) is 13.7. The lowest BCUT2D eigenvalue weighted by Gasteiger charge is -2.21. The van der Waals surface area contributed by atoms with Gasteiger partial charge >= 0.3 is 0 Å². The fourth-order valence-corrected chi connectivity index (χ4v) is 0.902. The van der Waals surface area contributed by atoms with Gasteiger partial charge in [0.05, 0.1) is 5.84 Å². The van der Waals surface area contributed by atoms with E-state index in [9.17, 15) is 0 Å². The van der Waals surface area contributed by atoms with Gasteiger partial charge in [-0.3, -0.25) is 4.99 Å². The largest absolute Gasteiger partial charge is 0.369 e. The second-order valence-electron chi connectivity index (χ2n) is 4.69. The van der Waals surface area contributed by atoms with Crippen molar-refractivity contribution < 1.29 is 0 Å². The Bertz CT molecular complexity index is 152. The molecule has 0 aliphatic carbocycles. The van der Waals surface area contributed by atoms with Gasteiger partial charge in [-0.25, -0.2) is 0 Å². The maximum Gasteiger partial charge on any atom is 0.0935 e. The first-order valence-corrected chi connectivity index (χ1v) is 4.60. The molecule has 2 heteroatoms. The summed E-state index contributed by atoms with van der Waals surface area (Å²) >= 11 is 0. The Hall–Kier alpha value is -0.530. The molecule has 0 aliphatic rings. The summed E-state index contributed by atoms with van der Waals surface area (Å²) in [4.78, 5) is 4.41. The Kier molecular flexibility index (Phi) is 4.29. The number of amidine groups is 1. The van der Waals surface area contributed by atoms with Crippen LogP contribution in [0.25, 0.3) is 0 Å². The predicted octanol–water partition coefficient (Wildman–Crippen LogP) is 2.45. The van der Waals surface area contributed by atoms with E-state index in [2.05, 4.69) is 44.9 Å². The van der Waals surface area contributed by atoms with Crippen LogP contribution >= 0.6 is 0 Å². The van der Waals surface area contributed by atoms with Crippen LogP contribution in [-0.2, 0) is 0 Å². The zero-order valence-electron chi connectivity index (χ0n) is 9.23. The van der Waals surface area contributed by atoms with Gasteiger partial charge in [0.2, 0.25) is 0 Å². The second-order valence-corrected chi connectivity index (χ2v) is 4.69. The van der Waals surface area contributed by atoms with Crippen molar-refractivity contribution in [2.24, 2.45) is 10.9 Å². The number of hydrogen-bond donors (Lipinski definition) is 1. The smallest absolute Gasteiger partial charge is 0.0935 e. The van der Waals surface area contributed by atoms with Crippen molar-refractivity contribution >= 4 is 5.84 Å². The maximum absolute atomic E-state index is 4.41. The number of hydrogen-bond acceptors (Lipinski definition) is 1. The topological polar surface area (TPSA) is 24.4 Å². The van der Waals surface area contributed by atoms with E-state index in [4.69, 9.17) is 0 Å². The van der Waals surface area contributed by atoms with Crippen LogP contribution in [0.4, 0.5) is 0 Å². The molecular formula is C10H22N2. The van der Waals surface area contributed by atoms with Gasteiger partial charge in [-0.1, -0.05) is 13.8 Å². The van der Waals surface area contributed by atoms with Gasteiger partial charge in [-0.15, -0.1) is 0 Å². The van der Waals surface area contributed by atoms with Crippen molar-refractivity contribution in [3.63, 3.8) is 0 Å². The first-order chi connectivity index (χ1) is 5.31. The maximum atomic E-state index is 4.41. The van der Waals surface area contributed by atoms with Crippen LogP contribution in [-0.4, -0.2) is 17.9 Å². The quantitative estimate of drug-likeness (QED) is 0.499. The van der Waals surface area contributed by atoms with Crippen LogP contribution in [0.2, 0.25) is 0 Å². The number of rotatable bonds is 2. The molecule has 0 saturated heterocycles. The molecule has 0 aromatic rings. The second kappa shape index (κ2) is 4.48. The van der Waals surface area contributed by atoms with Crippen LogP contribution < -0.4 is 5.32 Å². The fraction of sp³-hybridized carbons (Fsp3) is 0.900. The van der Waals surface area contributed by atoms with E-state index in [0.717, 1.165) is 12.4 Å². The van der Waals surface area contributed by atoms with Crippen molar-refractivity contribution in [1.82, 2.24) is 5.32 Å². The molecule has 1 N–H and O–H groups in total. The molecule has 0 spiro atoms. The lowest BCUT2D eigenvalue weighted by atomic mass is 10.1. The summed E-state index contributed by atoms with van der Waals surface area (Å²) in [5, 5.41) is 3.32. The zero-order valence-corrected chi connectivity index (χ0v) is 9.23. The Morgan fingerprint density at radius 1 is 1.33 bits per heavy atom. The van der Waals surface area contributed by atoms with Crippen molar-refractivity contribution in [3.8, 4) is 0 Å². The third kappa shape index (κ3) is 7.58. The van der Waals surface area contributed by atoms with E-state index in [-0.39, 0.29) is 5.54 Å². The summed E-state index contributed by atoms with van der Waals surface area (Å²) in [6.07, 6.45) is 0. The summed E-state index contributed by atoms with van der Waals surface area (Å²) in [7, 11) is 0. The van der Waals surface area contributed by atoms with E-state index in [1.807, 2.05) is 6.92 Å². The van der Waals surface area contributed by atoms with Crippen LogP contribution in [0.1, 0.15) is 41.5 Å². The van der Waals surface area contributed by atoms with Crippen LogP contribution in [0.3, 0.4) is 0 Å². The van der Waals surface area contributed by atoms with Gasteiger partial charge in [0.25, 0.3) is 0 Å². The molecule has 0 rings (SSSR count). The summed E-state index contributed by atoms with van der Waals surface area (Å²) in [6, 6.07) is 0. The van der Waals surface area contributed by atoms with Gasteiger partial charge in [0.1, 0.15) is 0 Å². The van der Waals surface area contributed by atoms with Gasteiger partial charge in [0.15, 0.2) is 0 Å². The highest BCUT2D eigenvalue weighted by Gasteiger charge is 2.08. The minimum absolute atomic E-state index is 0.130. The molecule has 12 heavy (non-hydrogen) atoms. The SMILES string of the molecule is CC(=NCC(C)C)NC(C)(C)C. The minimum atomic E-state index is 0.130.